The van der Waals surface area contributed by atoms with E-state index in [2.05, 4.69) is 27.7 Å². The molecule has 0 aliphatic heterocycles. The third kappa shape index (κ3) is 9.55. The van der Waals surface area contributed by atoms with Crippen LogP contribution >= 0.6 is 11.3 Å². The van der Waals surface area contributed by atoms with Gasteiger partial charge in [0.1, 0.15) is 5.82 Å². The second kappa shape index (κ2) is 13.0. The molecule has 1 aromatic carbocycles. The molecule has 7 heteroatoms. The van der Waals surface area contributed by atoms with Crippen molar-refractivity contribution >= 4 is 23.2 Å². The van der Waals surface area contributed by atoms with Gasteiger partial charge in [-0.15, -0.1) is 11.3 Å². The van der Waals surface area contributed by atoms with Crippen molar-refractivity contribution in [3.8, 4) is 0 Å². The molecule has 0 N–H and O–H groups in total. The number of carbonyl (C=O) groups is 2. The second-order valence-corrected chi connectivity index (χ2v) is 11.3. The summed E-state index contributed by atoms with van der Waals surface area (Å²) in [5.41, 5.74) is 2.11. The molecule has 1 atom stereocenters. The highest BCUT2D eigenvalue weighted by molar-refractivity contribution is 7.10. The lowest BCUT2D eigenvalue weighted by Crippen LogP contribution is -2.44. The molecule has 0 radical (unpaired) electrons. The van der Waals surface area contributed by atoms with E-state index in [9.17, 15) is 14.0 Å². The fourth-order valence-corrected chi connectivity index (χ4v) is 5.00. The predicted molar refractivity (Wildman–Crippen MR) is 136 cm³/mol. The van der Waals surface area contributed by atoms with E-state index in [0.29, 0.717) is 32.7 Å². The summed E-state index contributed by atoms with van der Waals surface area (Å²) >= 11 is 1.61. The summed E-state index contributed by atoms with van der Waals surface area (Å²) in [4.78, 5) is 31.1. The first-order chi connectivity index (χ1) is 16.0. The lowest BCUT2D eigenvalue weighted by molar-refractivity contribution is -0.142. The number of benzene rings is 1. The van der Waals surface area contributed by atoms with E-state index in [4.69, 9.17) is 4.74 Å². The molecule has 2 amide bonds. The highest BCUT2D eigenvalue weighted by Gasteiger charge is 2.25. The molecule has 0 saturated heterocycles. The normalized spacial score (nSPS) is 12.4. The van der Waals surface area contributed by atoms with Crippen molar-refractivity contribution in [1.82, 2.24) is 9.80 Å². The number of nitrogens with zero attached hydrogens (tertiary/aromatic N) is 2. The maximum Gasteiger partial charge on any atom is 0.242 e. The maximum atomic E-state index is 13.5. The largest absolute Gasteiger partial charge is 0.383 e. The lowest BCUT2D eigenvalue weighted by Gasteiger charge is -2.29. The van der Waals surface area contributed by atoms with Gasteiger partial charge in [-0.1, -0.05) is 39.8 Å². The molecular weight excluding hydrogens is 451 g/mol. The average Bonchev–Trinajstić information content (AvgIpc) is 3.14. The smallest absolute Gasteiger partial charge is 0.242 e. The summed E-state index contributed by atoms with van der Waals surface area (Å²) in [6, 6.07) is 8.22. The minimum atomic E-state index is -0.309. The Morgan fingerprint density at radius 2 is 1.74 bits per heavy atom. The SMILES string of the molecule is COCCN(CC(=O)N(Cc1ccc(F)cc1)Cc1sccc1C)C(=O)C[C@@H](C)CC(C)(C)C. The fraction of sp³-hybridized carbons (Fsp3) is 0.556. The number of rotatable bonds is 12. The predicted octanol–water partition coefficient (Wildman–Crippen LogP) is 5.66. The van der Waals surface area contributed by atoms with Crippen molar-refractivity contribution in [2.45, 2.75) is 60.5 Å². The quantitative estimate of drug-likeness (QED) is 0.386. The Morgan fingerprint density at radius 1 is 1.06 bits per heavy atom. The van der Waals surface area contributed by atoms with Gasteiger partial charge in [0.05, 0.1) is 19.7 Å². The molecule has 5 nitrogen and oxygen atoms in total. The molecule has 188 valence electrons. The number of hydrogen-bond donors (Lipinski definition) is 0. The molecule has 1 aromatic heterocycles. The van der Waals surface area contributed by atoms with Crippen molar-refractivity contribution in [1.29, 1.82) is 0 Å². The molecule has 0 fully saturated rings. The zero-order valence-corrected chi connectivity index (χ0v) is 22.2. The van der Waals surface area contributed by atoms with Gasteiger partial charge in [0, 0.05) is 31.5 Å². The van der Waals surface area contributed by atoms with Gasteiger partial charge in [-0.2, -0.15) is 0 Å². The number of thiophene rings is 1. The number of hydrogen-bond acceptors (Lipinski definition) is 4. The minimum absolute atomic E-state index is 0.00392. The van der Waals surface area contributed by atoms with Gasteiger partial charge in [-0.3, -0.25) is 9.59 Å². The molecule has 0 aliphatic rings. The van der Waals surface area contributed by atoms with Gasteiger partial charge in [-0.05, 0) is 59.4 Å². The van der Waals surface area contributed by atoms with Crippen LogP contribution < -0.4 is 0 Å². The minimum Gasteiger partial charge on any atom is -0.383 e. The third-order valence-electron chi connectivity index (χ3n) is 5.67. The van der Waals surface area contributed by atoms with E-state index >= 15 is 0 Å². The molecule has 0 spiro atoms. The Morgan fingerprint density at radius 3 is 2.29 bits per heavy atom. The Labute approximate surface area is 207 Å². The monoisotopic (exact) mass is 490 g/mol. The molecule has 2 rings (SSSR count). The zero-order chi connectivity index (χ0) is 25.3. The summed E-state index contributed by atoms with van der Waals surface area (Å²) in [5.74, 6) is -0.255. The number of halogens is 1. The Balaban J connectivity index is 2.17. The van der Waals surface area contributed by atoms with Gasteiger partial charge >= 0.3 is 0 Å². The van der Waals surface area contributed by atoms with Gasteiger partial charge in [0.15, 0.2) is 0 Å². The van der Waals surface area contributed by atoms with Gasteiger partial charge in [-0.25, -0.2) is 4.39 Å². The number of amides is 2. The number of methoxy groups -OCH3 is 1. The van der Waals surface area contributed by atoms with Crippen LogP contribution in [0.5, 0.6) is 0 Å². The molecular formula is C27H39FN2O3S. The third-order valence-corrected chi connectivity index (χ3v) is 6.68. The topological polar surface area (TPSA) is 49.9 Å². The number of ether oxygens (including phenoxy) is 1. The van der Waals surface area contributed by atoms with Gasteiger partial charge in [0.2, 0.25) is 11.8 Å². The van der Waals surface area contributed by atoms with Crippen LogP contribution in [0.2, 0.25) is 0 Å². The second-order valence-electron chi connectivity index (χ2n) is 10.3. The molecule has 0 bridgehead atoms. The van der Waals surface area contributed by atoms with Crippen molar-refractivity contribution in [2.24, 2.45) is 11.3 Å². The van der Waals surface area contributed by atoms with Crippen LogP contribution in [-0.4, -0.2) is 48.4 Å². The molecule has 0 saturated carbocycles. The summed E-state index contributed by atoms with van der Waals surface area (Å²) in [5, 5.41) is 2.01. The van der Waals surface area contributed by atoms with E-state index in [1.54, 1.807) is 40.4 Å². The molecule has 0 unspecified atom stereocenters. The number of aryl methyl sites for hydroxylation is 1. The van der Waals surface area contributed by atoms with Crippen molar-refractivity contribution in [3.05, 3.63) is 57.5 Å². The molecule has 2 aromatic rings. The first-order valence-corrected chi connectivity index (χ1v) is 12.7. The van der Waals surface area contributed by atoms with Crippen LogP contribution in [0, 0.1) is 24.1 Å². The Kier molecular flexibility index (Phi) is 10.7. The molecule has 1 heterocycles. The summed E-state index contributed by atoms with van der Waals surface area (Å²) < 4.78 is 18.6. The highest BCUT2D eigenvalue weighted by atomic mass is 32.1. The Hall–Kier alpha value is -2.25. The number of carbonyl (C=O) groups excluding carboxylic acids is 2. The molecule has 0 aliphatic carbocycles. The lowest BCUT2D eigenvalue weighted by atomic mass is 9.84. The first kappa shape index (κ1) is 28.0. The van der Waals surface area contributed by atoms with Crippen molar-refractivity contribution < 1.29 is 18.7 Å². The van der Waals surface area contributed by atoms with Crippen LogP contribution in [0.15, 0.2) is 35.7 Å². The molecule has 34 heavy (non-hydrogen) atoms. The Bertz CT molecular complexity index is 921. The van der Waals surface area contributed by atoms with Gasteiger partial charge < -0.3 is 14.5 Å². The zero-order valence-electron chi connectivity index (χ0n) is 21.4. The van der Waals surface area contributed by atoms with Crippen LogP contribution in [0.4, 0.5) is 4.39 Å². The van der Waals surface area contributed by atoms with Crippen LogP contribution in [-0.2, 0) is 27.4 Å². The fourth-order valence-electron chi connectivity index (χ4n) is 4.08. The van der Waals surface area contributed by atoms with E-state index in [0.717, 1.165) is 22.4 Å². The van der Waals surface area contributed by atoms with Crippen LogP contribution in [0.1, 0.15) is 56.5 Å². The standard InChI is InChI=1S/C27H39FN2O3S/c1-20(16-27(3,4)5)15-25(31)29(12-13-33-6)19-26(32)30(18-24-21(2)11-14-34-24)17-22-7-9-23(28)10-8-22/h7-11,14,20H,12-13,15-19H2,1-6H3/t20-/m1/s1. The van der Waals surface area contributed by atoms with Crippen LogP contribution in [0.3, 0.4) is 0 Å². The maximum absolute atomic E-state index is 13.5. The van der Waals surface area contributed by atoms with Crippen LogP contribution in [0.25, 0.3) is 0 Å². The first-order valence-electron chi connectivity index (χ1n) is 11.8. The van der Waals surface area contributed by atoms with Crippen molar-refractivity contribution in [2.75, 3.05) is 26.8 Å². The van der Waals surface area contributed by atoms with E-state index in [-0.39, 0.29) is 35.5 Å². The average molecular weight is 491 g/mol. The summed E-state index contributed by atoms with van der Waals surface area (Å²) in [6.07, 6.45) is 1.33. The highest BCUT2D eigenvalue weighted by Crippen LogP contribution is 2.26. The van der Waals surface area contributed by atoms with Gasteiger partial charge in [0.25, 0.3) is 0 Å². The summed E-state index contributed by atoms with van der Waals surface area (Å²) in [6.45, 7) is 12.1. The van der Waals surface area contributed by atoms with Crippen molar-refractivity contribution in [3.63, 3.8) is 0 Å². The van der Waals surface area contributed by atoms with E-state index < -0.39 is 0 Å². The van der Waals surface area contributed by atoms with E-state index in [1.807, 2.05) is 18.4 Å². The summed E-state index contributed by atoms with van der Waals surface area (Å²) in [7, 11) is 1.59. The van der Waals surface area contributed by atoms with E-state index in [1.165, 1.54) is 12.1 Å².